The molecule has 6 aromatic rings. The molecular weight excluding hydrogens is 1180 g/mol. The van der Waals surface area contributed by atoms with Gasteiger partial charge in [0.2, 0.25) is 23.8 Å². The van der Waals surface area contributed by atoms with Crippen LogP contribution in [0.1, 0.15) is 97.1 Å². The minimum Gasteiger partial charge on any atom is -0.494 e. The summed E-state index contributed by atoms with van der Waals surface area (Å²) in [6.45, 7) is 6.63. The van der Waals surface area contributed by atoms with Crippen LogP contribution >= 0.6 is 0 Å². The number of carbonyl (C=O) groups is 6. The molecule has 4 aliphatic rings. The van der Waals surface area contributed by atoms with Gasteiger partial charge in [0, 0.05) is 50.7 Å². The number of anilines is 6. The summed E-state index contributed by atoms with van der Waals surface area (Å²) in [5, 5.41) is 37.0. The summed E-state index contributed by atoms with van der Waals surface area (Å²) in [4.78, 5) is 100. The van der Waals surface area contributed by atoms with Gasteiger partial charge >= 0.3 is 36.0 Å². The van der Waals surface area contributed by atoms with Crippen molar-refractivity contribution in [1.82, 2.24) is 61.8 Å². The molecule has 4 aromatic carbocycles. The molecule has 2 atom stereocenters. The number of carboxylic acid groups (broad SMARTS) is 1. The van der Waals surface area contributed by atoms with Crippen molar-refractivity contribution in [1.29, 1.82) is 0 Å². The third kappa shape index (κ3) is 22.5. The second-order valence-electron chi connectivity index (χ2n) is 20.1. The Bertz CT molecular complexity index is 3370. The van der Waals surface area contributed by atoms with E-state index in [1.807, 2.05) is 62.4 Å². The number of ether oxygens (including phenoxy) is 7. The summed E-state index contributed by atoms with van der Waals surface area (Å²) in [6, 6.07) is 21.9. The molecule has 2 aromatic heterocycles. The van der Waals surface area contributed by atoms with Crippen molar-refractivity contribution in [3.63, 3.8) is 0 Å². The van der Waals surface area contributed by atoms with Crippen molar-refractivity contribution in [2.24, 2.45) is 0 Å². The summed E-state index contributed by atoms with van der Waals surface area (Å²) in [5.74, 6) is -0.190. The number of nitrogens with zero attached hydrogens (tertiary/aromatic N) is 6. The Kier molecular flexibility index (Phi) is 26.8. The number of nitrogens with one attached hydrogen (secondary N) is 10. The van der Waals surface area contributed by atoms with Crippen molar-refractivity contribution in [2.75, 3.05) is 95.2 Å². The van der Waals surface area contributed by atoms with Gasteiger partial charge in [0.1, 0.15) is 35.1 Å². The van der Waals surface area contributed by atoms with Crippen molar-refractivity contribution >= 4 is 71.0 Å². The summed E-state index contributed by atoms with van der Waals surface area (Å²) >= 11 is 0. The number of methoxy groups -OCH3 is 1. The van der Waals surface area contributed by atoms with Crippen LogP contribution in [0.4, 0.5) is 44.8 Å². The number of carboxylic acids is 1. The van der Waals surface area contributed by atoms with Crippen LogP contribution in [0.15, 0.2) is 84.9 Å². The fourth-order valence-corrected chi connectivity index (χ4v) is 8.65. The van der Waals surface area contributed by atoms with Gasteiger partial charge < -0.3 is 91.4 Å². The molecule has 486 valence electrons. The Morgan fingerprint density at radius 3 is 1.31 bits per heavy atom. The molecule has 0 fully saturated rings. The molecule has 6 heterocycles. The second-order valence-corrected chi connectivity index (χ2v) is 20.1. The molecule has 30 heteroatoms. The van der Waals surface area contributed by atoms with E-state index in [-0.39, 0.29) is 59.6 Å². The standard InChI is InChI=1S/C31H40N8O7.C30H38N8O7/c1-4-44-31-38-28-33-18-20-9-12-22(13-10-20)45-15-7-5-6-8-16-46-25-17-21(35-29(37-28)39-31)11-14-23(25)26(40)36-24(27(41)43-3)19-34-30(42)32-2;1-3-43-30-37-27-32-17-19-8-11-21(12-9-19)44-14-6-4-5-7-15-45-24-16-20(34-28(36-27)38-30)10-13-22(24)25(39)35-23(26(40)41)18-33-29(42)31-2/h9-14,17,24H,4-8,15-16,18-19H2,1-3H3,(H,36,40)(H2,32,34,42)(H2,33,35,37,38,39);8-13,16,23H,3-7,14-15,17-18H2,1-2H3,(H,35,39)(H,40,41)(H2,31,33,42)(H2,32,34,36,37,38)/t24-;23-/m00/s1. The zero-order valence-corrected chi connectivity index (χ0v) is 51.4. The zero-order chi connectivity index (χ0) is 64.7. The molecule has 6 amide bonds. The lowest BCUT2D eigenvalue weighted by atomic mass is 10.1. The van der Waals surface area contributed by atoms with Gasteiger partial charge in [-0.25, -0.2) is 19.2 Å². The van der Waals surface area contributed by atoms with Crippen LogP contribution in [0.25, 0.3) is 0 Å². The van der Waals surface area contributed by atoms with Crippen LogP contribution in [0.2, 0.25) is 0 Å². The van der Waals surface area contributed by atoms with Crippen molar-refractivity contribution in [3.8, 4) is 35.0 Å². The number of rotatable bonds is 14. The molecule has 30 nitrogen and oxygen atoms in total. The highest BCUT2D eigenvalue weighted by atomic mass is 16.5. The fraction of sp³-hybridized carbons (Fsp3) is 0.410. The third-order valence-corrected chi connectivity index (χ3v) is 13.4. The molecule has 91 heavy (non-hydrogen) atoms. The number of hydrogen-bond acceptors (Lipinski definition) is 23. The first-order chi connectivity index (χ1) is 44.2. The van der Waals surface area contributed by atoms with Gasteiger partial charge in [0.05, 0.1) is 71.0 Å². The summed E-state index contributed by atoms with van der Waals surface area (Å²) in [5.41, 5.74) is 3.37. The largest absolute Gasteiger partial charge is 0.494 e. The van der Waals surface area contributed by atoms with E-state index in [2.05, 4.69) is 83.1 Å². The van der Waals surface area contributed by atoms with E-state index in [1.54, 1.807) is 30.3 Å². The highest BCUT2D eigenvalue weighted by molar-refractivity contribution is 6.00. The van der Waals surface area contributed by atoms with E-state index in [1.165, 1.54) is 27.3 Å². The van der Waals surface area contributed by atoms with Gasteiger partial charge in [-0.3, -0.25) is 9.59 Å². The summed E-state index contributed by atoms with van der Waals surface area (Å²) in [6.07, 6.45) is 6.89. The number of aromatic nitrogens is 6. The first kappa shape index (κ1) is 67.8. The van der Waals surface area contributed by atoms with Crippen LogP contribution in [-0.4, -0.2) is 157 Å². The number of benzene rings is 4. The van der Waals surface area contributed by atoms with Crippen LogP contribution in [0, 0.1) is 0 Å². The molecule has 0 saturated heterocycles. The monoisotopic (exact) mass is 1260 g/mol. The third-order valence-electron chi connectivity index (χ3n) is 13.4. The van der Waals surface area contributed by atoms with E-state index in [0.29, 0.717) is 76.0 Å². The molecular formula is C61H78N16O14. The van der Waals surface area contributed by atoms with Gasteiger partial charge in [-0.05, 0) is 125 Å². The lowest BCUT2D eigenvalue weighted by Gasteiger charge is -2.19. The molecule has 12 bridgehead atoms. The van der Waals surface area contributed by atoms with Gasteiger partial charge in [-0.1, -0.05) is 24.3 Å². The maximum Gasteiger partial charge on any atom is 0.330 e. The van der Waals surface area contributed by atoms with Crippen LogP contribution < -0.4 is 81.6 Å². The van der Waals surface area contributed by atoms with Gasteiger partial charge in [-0.2, -0.15) is 29.9 Å². The first-order valence-electron chi connectivity index (χ1n) is 29.8. The number of fused-ring (bicyclic) bond motifs is 20. The number of esters is 1. The Hall–Kier alpha value is -10.7. The molecule has 0 radical (unpaired) electrons. The molecule has 4 aliphatic heterocycles. The minimum absolute atomic E-state index is 0.121. The number of carbonyl (C=O) groups excluding carboxylic acids is 5. The number of aliphatic carboxylic acids is 1. The Balaban J connectivity index is 0.000000259. The van der Waals surface area contributed by atoms with E-state index in [9.17, 15) is 33.9 Å². The second kappa shape index (κ2) is 36.0. The first-order valence-corrected chi connectivity index (χ1v) is 29.8. The predicted octanol–water partition coefficient (Wildman–Crippen LogP) is 6.23. The lowest BCUT2D eigenvalue weighted by Crippen LogP contribution is -2.50. The number of urea groups is 2. The normalized spacial score (nSPS) is 14.0. The van der Waals surface area contributed by atoms with Gasteiger partial charge in [-0.15, -0.1) is 0 Å². The lowest BCUT2D eigenvalue weighted by molar-refractivity contribution is -0.142. The Morgan fingerprint density at radius 1 is 0.516 bits per heavy atom. The highest BCUT2D eigenvalue weighted by Crippen LogP contribution is 2.29. The van der Waals surface area contributed by atoms with Crippen molar-refractivity contribution < 1.29 is 67.0 Å². The van der Waals surface area contributed by atoms with Gasteiger partial charge in [0.25, 0.3) is 11.8 Å². The van der Waals surface area contributed by atoms with E-state index in [0.717, 1.165) is 74.0 Å². The molecule has 0 saturated carbocycles. The number of hydrogen-bond donors (Lipinski definition) is 11. The Morgan fingerprint density at radius 2 is 0.912 bits per heavy atom. The van der Waals surface area contributed by atoms with Crippen molar-refractivity contribution in [2.45, 2.75) is 90.4 Å². The average Bonchev–Trinajstić information content (AvgIpc) is 2.36. The fourth-order valence-electron chi connectivity index (χ4n) is 8.65. The van der Waals surface area contributed by atoms with Crippen LogP contribution in [0.3, 0.4) is 0 Å². The smallest absolute Gasteiger partial charge is 0.330 e. The molecule has 10 rings (SSSR count). The average molecular weight is 1260 g/mol. The van der Waals surface area contributed by atoms with E-state index < -0.39 is 47.9 Å². The van der Waals surface area contributed by atoms with Gasteiger partial charge in [0.15, 0.2) is 0 Å². The minimum atomic E-state index is -1.37. The molecule has 0 aliphatic carbocycles. The van der Waals surface area contributed by atoms with E-state index >= 15 is 0 Å². The Labute approximate surface area is 525 Å². The quantitative estimate of drug-likeness (QED) is 0.0538. The number of amides is 6. The maximum atomic E-state index is 13.4. The molecule has 0 unspecified atom stereocenters. The van der Waals surface area contributed by atoms with E-state index in [4.69, 9.17) is 33.2 Å². The maximum absolute atomic E-state index is 13.4. The summed E-state index contributed by atoms with van der Waals surface area (Å²) < 4.78 is 39.8. The summed E-state index contributed by atoms with van der Waals surface area (Å²) in [7, 11) is 4.04. The molecule has 0 spiro atoms. The highest BCUT2D eigenvalue weighted by Gasteiger charge is 2.27. The van der Waals surface area contributed by atoms with Crippen molar-refractivity contribution in [3.05, 3.63) is 107 Å². The SMILES string of the molecule is CCOc1nc2nc(n1)Nc1ccc(C(=O)N[C@@H](CNC(=O)NC)C(=O)O)c(c1)OCCCCCCOc1ccc(cc1)CN2.CCOc1nc2nc(n1)Nc1ccc(C(=O)N[C@@H](CNC(=O)NC)C(=O)OC)c(c1)OCCCCCCOc1ccc(cc1)CN2. The zero-order valence-electron chi connectivity index (χ0n) is 51.4. The predicted molar refractivity (Wildman–Crippen MR) is 335 cm³/mol. The molecule has 11 N–H and O–H groups in total. The topological polar surface area (TPSA) is 385 Å². The van der Waals surface area contributed by atoms with Crippen LogP contribution in [-0.2, 0) is 27.4 Å². The van der Waals surface area contributed by atoms with Crippen LogP contribution in [0.5, 0.6) is 35.0 Å².